The maximum absolute atomic E-state index is 10.2. The van der Waals surface area contributed by atoms with Crippen molar-refractivity contribution in [2.75, 3.05) is 27.2 Å². The van der Waals surface area contributed by atoms with Crippen molar-refractivity contribution in [1.82, 2.24) is 4.90 Å². The minimum atomic E-state index is -0.0388. The first-order valence-electron chi connectivity index (χ1n) is 13.0. The molecule has 4 aliphatic rings. The molecule has 0 amide bonds. The Morgan fingerprint density at radius 3 is 2.58 bits per heavy atom. The largest absolute Gasteiger partial charge is 0.396 e. The maximum atomic E-state index is 10.2. The monoisotopic (exact) mass is 430 g/mol. The van der Waals surface area contributed by atoms with Crippen LogP contribution in [0.25, 0.3) is 0 Å². The fourth-order valence-electron chi connectivity index (χ4n) is 8.35. The Balaban J connectivity index is 1.34. The quantitative estimate of drug-likeness (QED) is 0.329. The molecule has 4 rings (SSSR count). The molecule has 176 valence electrons. The first kappa shape index (κ1) is 23.3. The third-order valence-corrected chi connectivity index (χ3v) is 10.1. The Bertz CT molecular complexity index is 662. The normalized spacial score (nSPS) is 45.1. The van der Waals surface area contributed by atoms with E-state index in [1.165, 1.54) is 44.9 Å². The van der Waals surface area contributed by atoms with Crippen LogP contribution < -0.4 is 0 Å². The van der Waals surface area contributed by atoms with Crippen molar-refractivity contribution < 1.29 is 9.94 Å². The van der Waals surface area contributed by atoms with Gasteiger partial charge >= 0.3 is 0 Å². The molecule has 0 aliphatic heterocycles. The summed E-state index contributed by atoms with van der Waals surface area (Å²) in [6.07, 6.45) is 19.0. The molecule has 0 aromatic heterocycles. The molecule has 0 bridgehead atoms. The second-order valence-corrected chi connectivity index (χ2v) is 11.9. The molecule has 0 aromatic rings. The highest BCUT2D eigenvalue weighted by molar-refractivity contribution is 5.70. The van der Waals surface area contributed by atoms with Crippen molar-refractivity contribution in [3.05, 3.63) is 12.2 Å². The lowest BCUT2D eigenvalue weighted by atomic mass is 9.44. The molecule has 0 spiro atoms. The molecule has 1 N–H and O–H groups in total. The Labute approximate surface area is 190 Å². The fourth-order valence-corrected chi connectivity index (χ4v) is 8.35. The summed E-state index contributed by atoms with van der Waals surface area (Å²) in [6, 6.07) is 0. The molecule has 0 aromatic carbocycles. The number of aliphatic hydroxyl groups excluding tert-OH is 1. The molecule has 0 radical (unpaired) electrons. The third-order valence-electron chi connectivity index (χ3n) is 10.1. The van der Waals surface area contributed by atoms with Crippen LogP contribution in [0.5, 0.6) is 0 Å². The van der Waals surface area contributed by atoms with Crippen LogP contribution >= 0.6 is 0 Å². The van der Waals surface area contributed by atoms with E-state index in [0.29, 0.717) is 23.4 Å². The third kappa shape index (κ3) is 4.62. The molecular weight excluding hydrogens is 384 g/mol. The highest BCUT2D eigenvalue weighted by Crippen LogP contribution is 2.67. The van der Waals surface area contributed by atoms with Gasteiger partial charge in [-0.15, -0.1) is 0 Å². The van der Waals surface area contributed by atoms with Crippen LogP contribution in [0.4, 0.5) is 0 Å². The van der Waals surface area contributed by atoms with Crippen LogP contribution in [0, 0.1) is 40.4 Å². The summed E-state index contributed by atoms with van der Waals surface area (Å²) in [5.74, 6) is 4.11. The van der Waals surface area contributed by atoms with Gasteiger partial charge in [-0.2, -0.15) is 0 Å². The van der Waals surface area contributed by atoms with E-state index in [9.17, 15) is 5.11 Å². The van der Waals surface area contributed by atoms with Gasteiger partial charge in [0, 0.05) is 6.54 Å². The van der Waals surface area contributed by atoms with Gasteiger partial charge in [0.1, 0.15) is 6.61 Å². The summed E-state index contributed by atoms with van der Waals surface area (Å²) in [4.78, 5) is 7.56. The van der Waals surface area contributed by atoms with E-state index >= 15 is 0 Å². The smallest absolute Gasteiger partial charge is 0.118 e. The number of oxime groups is 1. The van der Waals surface area contributed by atoms with Gasteiger partial charge < -0.3 is 14.8 Å². The first-order valence-corrected chi connectivity index (χ1v) is 13.0. The zero-order valence-electron chi connectivity index (χ0n) is 20.4. The first-order chi connectivity index (χ1) is 14.8. The molecule has 4 heteroatoms. The molecule has 0 saturated heterocycles. The summed E-state index contributed by atoms with van der Waals surface area (Å²) in [6.45, 7) is 6.90. The van der Waals surface area contributed by atoms with Crippen LogP contribution in [0.1, 0.15) is 78.1 Å². The Kier molecular flexibility index (Phi) is 7.18. The molecule has 0 unspecified atom stereocenters. The molecule has 0 heterocycles. The molecule has 4 fully saturated rings. The summed E-state index contributed by atoms with van der Waals surface area (Å²) in [7, 11) is 4.17. The van der Waals surface area contributed by atoms with Crippen molar-refractivity contribution in [3.8, 4) is 0 Å². The second-order valence-electron chi connectivity index (χ2n) is 11.9. The van der Waals surface area contributed by atoms with E-state index in [2.05, 4.69) is 50.2 Å². The van der Waals surface area contributed by atoms with Crippen molar-refractivity contribution in [3.63, 3.8) is 0 Å². The molecule has 8 atom stereocenters. The Hall–Kier alpha value is -0.870. The Morgan fingerprint density at radius 1 is 1.00 bits per heavy atom. The topological polar surface area (TPSA) is 45.1 Å². The van der Waals surface area contributed by atoms with Gasteiger partial charge in [-0.05, 0) is 125 Å². The van der Waals surface area contributed by atoms with Gasteiger partial charge in [-0.1, -0.05) is 25.1 Å². The van der Waals surface area contributed by atoms with E-state index in [0.717, 1.165) is 49.5 Å². The summed E-state index contributed by atoms with van der Waals surface area (Å²) in [5.41, 5.74) is 0.934. The van der Waals surface area contributed by atoms with Gasteiger partial charge in [0.2, 0.25) is 0 Å². The fraction of sp³-hybridized carbons (Fsp3) is 0.889. The molecule has 31 heavy (non-hydrogen) atoms. The highest BCUT2D eigenvalue weighted by Gasteiger charge is 2.59. The number of hydrogen-bond donors (Lipinski definition) is 1. The number of nitrogens with zero attached hydrogens (tertiary/aromatic N) is 2. The zero-order chi connectivity index (χ0) is 22.1. The molecule has 4 nitrogen and oxygen atoms in total. The van der Waals surface area contributed by atoms with Gasteiger partial charge in [0.25, 0.3) is 0 Å². The number of rotatable bonds is 7. The van der Waals surface area contributed by atoms with Crippen molar-refractivity contribution in [2.45, 2.75) is 84.2 Å². The predicted octanol–water partition coefficient (Wildman–Crippen LogP) is 5.52. The Morgan fingerprint density at radius 2 is 1.77 bits per heavy atom. The number of hydrogen-bond acceptors (Lipinski definition) is 4. The standard InChI is InChI=1S/C27H46N2O2/c1-26-15-13-25-23(10-8-21-19-22(30)12-14-27(21,25)2)24(26)11-9-20(26)7-5-16-28-31-18-6-17-29(3)4/h5,7,16,20-25,30H,6,8-15,17-19H2,1-4H3/b7-5+,28-16+/t20-,21+,22-,23-,24-,25-,26+,27-/m0/s1. The SMILES string of the molecule is CN(C)CCCO/N=C/C=C/[C@H]1CC[C@H]2[C@@H]3CC[C@@H]4C[C@@H](O)CC[C@]4(C)[C@H]3CC[C@]12C. The molecule has 4 saturated carbocycles. The molecule has 4 aliphatic carbocycles. The predicted molar refractivity (Wildman–Crippen MR) is 128 cm³/mol. The van der Waals surface area contributed by atoms with E-state index in [1.807, 2.05) is 6.21 Å². The summed E-state index contributed by atoms with van der Waals surface area (Å²) >= 11 is 0. The van der Waals surface area contributed by atoms with E-state index in [1.54, 1.807) is 0 Å². The van der Waals surface area contributed by atoms with Crippen molar-refractivity contribution >= 4 is 6.21 Å². The zero-order valence-corrected chi connectivity index (χ0v) is 20.4. The van der Waals surface area contributed by atoms with Gasteiger partial charge in [0.05, 0.1) is 12.3 Å². The minimum absolute atomic E-state index is 0.0388. The summed E-state index contributed by atoms with van der Waals surface area (Å²) in [5, 5.41) is 14.4. The van der Waals surface area contributed by atoms with E-state index in [-0.39, 0.29) is 6.10 Å². The van der Waals surface area contributed by atoms with Gasteiger partial charge in [-0.3, -0.25) is 0 Å². The van der Waals surface area contributed by atoms with Crippen molar-refractivity contribution in [2.24, 2.45) is 45.6 Å². The van der Waals surface area contributed by atoms with Crippen molar-refractivity contribution in [1.29, 1.82) is 0 Å². The van der Waals surface area contributed by atoms with E-state index in [4.69, 9.17) is 4.84 Å². The lowest BCUT2D eigenvalue weighted by molar-refractivity contribution is -0.124. The molecular formula is C27H46N2O2. The van der Waals surface area contributed by atoms with Crippen LogP contribution in [0.2, 0.25) is 0 Å². The van der Waals surface area contributed by atoms with Crippen LogP contribution in [0.3, 0.4) is 0 Å². The van der Waals surface area contributed by atoms with Gasteiger partial charge in [-0.25, -0.2) is 0 Å². The highest BCUT2D eigenvalue weighted by atomic mass is 16.6. The van der Waals surface area contributed by atoms with Gasteiger partial charge in [0.15, 0.2) is 0 Å². The van der Waals surface area contributed by atoms with Crippen LogP contribution in [-0.4, -0.2) is 49.6 Å². The number of aliphatic hydroxyl groups is 1. The minimum Gasteiger partial charge on any atom is -0.396 e. The lowest BCUT2D eigenvalue weighted by Crippen LogP contribution is -2.53. The lowest BCUT2D eigenvalue weighted by Gasteiger charge is -2.60. The van der Waals surface area contributed by atoms with E-state index < -0.39 is 0 Å². The number of allylic oxidation sites excluding steroid dienone is 2. The van der Waals surface area contributed by atoms with Crippen LogP contribution in [0.15, 0.2) is 17.3 Å². The summed E-state index contributed by atoms with van der Waals surface area (Å²) < 4.78 is 0. The van der Waals surface area contributed by atoms with Crippen LogP contribution in [-0.2, 0) is 4.84 Å². The maximum Gasteiger partial charge on any atom is 0.118 e. The average molecular weight is 431 g/mol. The number of fused-ring (bicyclic) bond motifs is 5. The second kappa shape index (κ2) is 9.55. The average Bonchev–Trinajstić information content (AvgIpc) is 3.06.